The highest BCUT2D eigenvalue weighted by Gasteiger charge is 2.39. The fourth-order valence-electron chi connectivity index (χ4n) is 4.46. The first kappa shape index (κ1) is 12.9. The van der Waals surface area contributed by atoms with E-state index in [1.54, 1.807) is 0 Å². The summed E-state index contributed by atoms with van der Waals surface area (Å²) in [7, 11) is 0. The summed E-state index contributed by atoms with van der Waals surface area (Å²) >= 11 is 0. The molecule has 0 radical (unpaired) electrons. The van der Waals surface area contributed by atoms with E-state index >= 15 is 0 Å². The number of piperidine rings is 2. The fourth-order valence-corrected chi connectivity index (χ4v) is 4.46. The first-order valence-corrected chi connectivity index (χ1v) is 8.06. The Balaban J connectivity index is 1.53. The van der Waals surface area contributed by atoms with Gasteiger partial charge in [0.15, 0.2) is 0 Å². The zero-order valence-electron chi connectivity index (χ0n) is 11.7. The molecule has 3 aliphatic rings. The minimum absolute atomic E-state index is 0.879. The van der Waals surface area contributed by atoms with Crippen molar-refractivity contribution in [2.45, 2.75) is 57.0 Å². The first-order valence-electron chi connectivity index (χ1n) is 8.06. The van der Waals surface area contributed by atoms with E-state index in [-0.39, 0.29) is 0 Å². The number of fused-ring (bicyclic) bond motifs is 1. The highest BCUT2D eigenvalue weighted by molar-refractivity contribution is 4.96. The summed E-state index contributed by atoms with van der Waals surface area (Å²) in [6, 6.07) is 1.77. The average molecular weight is 251 g/mol. The van der Waals surface area contributed by atoms with Crippen molar-refractivity contribution in [2.24, 2.45) is 11.7 Å². The van der Waals surface area contributed by atoms with Crippen molar-refractivity contribution >= 4 is 0 Å². The molecule has 2 unspecified atom stereocenters. The van der Waals surface area contributed by atoms with Gasteiger partial charge in [0.05, 0.1) is 0 Å². The molecule has 104 valence electrons. The molecular formula is C15H29N3. The van der Waals surface area contributed by atoms with Crippen molar-refractivity contribution < 1.29 is 0 Å². The third-order valence-corrected chi connectivity index (χ3v) is 5.51. The molecular weight excluding hydrogens is 222 g/mol. The lowest BCUT2D eigenvalue weighted by atomic mass is 9.90. The molecule has 3 aliphatic heterocycles. The maximum absolute atomic E-state index is 5.68. The van der Waals surface area contributed by atoms with Crippen LogP contribution in [0.25, 0.3) is 0 Å². The number of nitrogens with zero attached hydrogens (tertiary/aromatic N) is 2. The number of nitrogens with two attached hydrogens (primary N) is 1. The summed E-state index contributed by atoms with van der Waals surface area (Å²) < 4.78 is 0. The predicted molar refractivity (Wildman–Crippen MR) is 75.6 cm³/mol. The molecule has 18 heavy (non-hydrogen) atoms. The zero-order chi connectivity index (χ0) is 12.4. The summed E-state index contributed by atoms with van der Waals surface area (Å²) in [5, 5.41) is 0. The van der Waals surface area contributed by atoms with Gasteiger partial charge in [0.1, 0.15) is 0 Å². The second kappa shape index (κ2) is 5.89. The molecule has 0 bridgehead atoms. The molecule has 3 rings (SSSR count). The van der Waals surface area contributed by atoms with Crippen LogP contribution >= 0.6 is 0 Å². The van der Waals surface area contributed by atoms with Crippen molar-refractivity contribution in [1.29, 1.82) is 0 Å². The van der Waals surface area contributed by atoms with Crippen molar-refractivity contribution in [3.8, 4) is 0 Å². The quantitative estimate of drug-likeness (QED) is 0.828. The number of likely N-dealkylation sites (tertiary alicyclic amines) is 1. The topological polar surface area (TPSA) is 32.5 Å². The smallest absolute Gasteiger partial charge is 0.0263 e. The Morgan fingerprint density at radius 3 is 2.22 bits per heavy atom. The summed E-state index contributed by atoms with van der Waals surface area (Å²) in [6.45, 7) is 6.27. The Morgan fingerprint density at radius 1 is 0.778 bits per heavy atom. The Bertz CT molecular complexity index is 260. The average Bonchev–Trinajstić information content (AvgIpc) is 2.84. The number of hydrogen-bond acceptors (Lipinski definition) is 3. The normalized spacial score (nSPS) is 35.8. The molecule has 3 nitrogen and oxygen atoms in total. The van der Waals surface area contributed by atoms with Crippen molar-refractivity contribution in [3.63, 3.8) is 0 Å². The van der Waals surface area contributed by atoms with Crippen LogP contribution in [0.1, 0.15) is 44.9 Å². The molecule has 2 N–H and O–H groups in total. The van der Waals surface area contributed by atoms with E-state index < -0.39 is 0 Å². The summed E-state index contributed by atoms with van der Waals surface area (Å²) in [5.74, 6) is 0.912. The molecule has 3 heterocycles. The Kier molecular flexibility index (Phi) is 4.22. The second-order valence-electron chi connectivity index (χ2n) is 6.51. The van der Waals surface area contributed by atoms with Gasteiger partial charge in [0.2, 0.25) is 0 Å². The second-order valence-corrected chi connectivity index (χ2v) is 6.51. The molecule has 0 aromatic heterocycles. The van der Waals surface area contributed by atoms with Gasteiger partial charge in [0, 0.05) is 18.6 Å². The van der Waals surface area contributed by atoms with Crippen LogP contribution in [0.5, 0.6) is 0 Å². The molecule has 0 aromatic rings. The van der Waals surface area contributed by atoms with Gasteiger partial charge in [-0.2, -0.15) is 0 Å². The largest absolute Gasteiger partial charge is 0.330 e. The van der Waals surface area contributed by atoms with Crippen molar-refractivity contribution in [1.82, 2.24) is 9.80 Å². The SMILES string of the molecule is NCCC1CCN(C2CCN3CCCCC23)CC1. The van der Waals surface area contributed by atoms with Gasteiger partial charge in [-0.3, -0.25) is 9.80 Å². The lowest BCUT2D eigenvalue weighted by molar-refractivity contribution is 0.0834. The summed E-state index contributed by atoms with van der Waals surface area (Å²) in [6.07, 6.45) is 9.79. The Labute approximate surface area is 112 Å². The van der Waals surface area contributed by atoms with Gasteiger partial charge in [-0.05, 0) is 70.6 Å². The van der Waals surface area contributed by atoms with Crippen LogP contribution in [0.3, 0.4) is 0 Å². The van der Waals surface area contributed by atoms with Crippen LogP contribution in [0.15, 0.2) is 0 Å². The van der Waals surface area contributed by atoms with E-state index in [4.69, 9.17) is 5.73 Å². The molecule has 0 amide bonds. The Morgan fingerprint density at radius 2 is 1.44 bits per heavy atom. The van der Waals surface area contributed by atoms with Gasteiger partial charge >= 0.3 is 0 Å². The van der Waals surface area contributed by atoms with E-state index in [2.05, 4.69) is 9.80 Å². The zero-order valence-corrected chi connectivity index (χ0v) is 11.7. The number of hydrogen-bond donors (Lipinski definition) is 1. The minimum Gasteiger partial charge on any atom is -0.330 e. The van der Waals surface area contributed by atoms with E-state index in [1.807, 2.05) is 0 Å². The molecule has 0 aromatic carbocycles. The molecule has 0 spiro atoms. The molecule has 2 atom stereocenters. The van der Waals surface area contributed by atoms with Crippen LogP contribution in [0.2, 0.25) is 0 Å². The van der Waals surface area contributed by atoms with Gasteiger partial charge in [-0.1, -0.05) is 6.42 Å². The van der Waals surface area contributed by atoms with Crippen LogP contribution in [0, 0.1) is 5.92 Å². The van der Waals surface area contributed by atoms with Gasteiger partial charge in [-0.25, -0.2) is 0 Å². The van der Waals surface area contributed by atoms with Crippen LogP contribution in [-0.4, -0.2) is 54.6 Å². The molecule has 3 heteroatoms. The minimum atomic E-state index is 0.879. The maximum atomic E-state index is 5.68. The lowest BCUT2D eigenvalue weighted by Crippen LogP contribution is -2.49. The van der Waals surface area contributed by atoms with Gasteiger partial charge < -0.3 is 5.73 Å². The van der Waals surface area contributed by atoms with Gasteiger partial charge in [0.25, 0.3) is 0 Å². The van der Waals surface area contributed by atoms with E-state index in [0.29, 0.717) is 0 Å². The predicted octanol–water partition coefficient (Wildman–Crippen LogP) is 1.67. The first-order chi connectivity index (χ1) is 8.88. The molecule has 3 saturated heterocycles. The van der Waals surface area contributed by atoms with E-state index in [1.165, 1.54) is 71.1 Å². The summed E-state index contributed by atoms with van der Waals surface area (Å²) in [4.78, 5) is 5.57. The van der Waals surface area contributed by atoms with E-state index in [9.17, 15) is 0 Å². The molecule has 0 saturated carbocycles. The van der Waals surface area contributed by atoms with Crippen molar-refractivity contribution in [2.75, 3.05) is 32.7 Å². The highest BCUT2D eigenvalue weighted by atomic mass is 15.3. The van der Waals surface area contributed by atoms with Crippen LogP contribution < -0.4 is 5.73 Å². The third-order valence-electron chi connectivity index (χ3n) is 5.51. The summed E-state index contributed by atoms with van der Waals surface area (Å²) in [5.41, 5.74) is 5.68. The third kappa shape index (κ3) is 2.59. The lowest BCUT2D eigenvalue weighted by Gasteiger charge is -2.41. The van der Waals surface area contributed by atoms with Crippen LogP contribution in [-0.2, 0) is 0 Å². The van der Waals surface area contributed by atoms with Crippen LogP contribution in [0.4, 0.5) is 0 Å². The monoisotopic (exact) mass is 251 g/mol. The van der Waals surface area contributed by atoms with Crippen molar-refractivity contribution in [3.05, 3.63) is 0 Å². The highest BCUT2D eigenvalue weighted by Crippen LogP contribution is 2.33. The van der Waals surface area contributed by atoms with Gasteiger partial charge in [-0.15, -0.1) is 0 Å². The standard InChI is InChI=1S/C15H29N3/c16-8-4-13-5-10-18(11-6-13)15-7-12-17-9-2-1-3-14(15)17/h13-15H,1-12,16H2. The van der Waals surface area contributed by atoms with E-state index in [0.717, 1.165) is 24.5 Å². The Hall–Kier alpha value is -0.120. The molecule has 0 aliphatic carbocycles. The number of rotatable bonds is 3. The maximum Gasteiger partial charge on any atom is 0.0263 e. The molecule has 3 fully saturated rings. The fraction of sp³-hybridized carbons (Fsp3) is 1.00.